The predicted molar refractivity (Wildman–Crippen MR) is 75.2 cm³/mol. The van der Waals surface area contributed by atoms with Crippen molar-refractivity contribution in [2.75, 3.05) is 6.54 Å². The summed E-state index contributed by atoms with van der Waals surface area (Å²) in [4.78, 5) is 26.7. The van der Waals surface area contributed by atoms with Gasteiger partial charge in [0, 0.05) is 18.2 Å². The van der Waals surface area contributed by atoms with Crippen LogP contribution in [0.3, 0.4) is 0 Å². The fourth-order valence-corrected chi connectivity index (χ4v) is 3.09. The molecular weight excluding hydrogens is 268 g/mol. The van der Waals surface area contributed by atoms with Crippen LogP contribution in [0, 0.1) is 5.92 Å². The van der Waals surface area contributed by atoms with E-state index in [1.54, 1.807) is 10.9 Å². The van der Waals surface area contributed by atoms with E-state index in [1.807, 2.05) is 11.0 Å². The van der Waals surface area contributed by atoms with Gasteiger partial charge in [-0.2, -0.15) is 5.10 Å². The molecule has 2 saturated carbocycles. The number of amides is 2. The zero-order valence-electron chi connectivity index (χ0n) is 12.0. The number of fused-ring (bicyclic) bond motifs is 1. The first-order valence-electron chi connectivity index (χ1n) is 7.84. The smallest absolute Gasteiger partial charge is 0.246 e. The Morgan fingerprint density at radius 3 is 2.71 bits per heavy atom. The van der Waals surface area contributed by atoms with Crippen LogP contribution in [0.4, 0.5) is 0 Å². The van der Waals surface area contributed by atoms with Crippen LogP contribution in [0.5, 0.6) is 0 Å². The lowest BCUT2D eigenvalue weighted by atomic mass is 9.84. The van der Waals surface area contributed by atoms with Gasteiger partial charge in [-0.05, 0) is 31.7 Å². The maximum atomic E-state index is 12.5. The van der Waals surface area contributed by atoms with Crippen LogP contribution in [-0.4, -0.2) is 39.1 Å². The van der Waals surface area contributed by atoms with Crippen LogP contribution in [0.15, 0.2) is 12.3 Å². The van der Waals surface area contributed by atoms with Gasteiger partial charge in [0.25, 0.3) is 0 Å². The molecule has 1 aromatic heterocycles. The summed E-state index contributed by atoms with van der Waals surface area (Å²) in [5, 5.41) is 7.31. The molecule has 0 unspecified atom stereocenters. The minimum absolute atomic E-state index is 0.00596. The third kappa shape index (κ3) is 2.32. The van der Waals surface area contributed by atoms with Gasteiger partial charge in [0.15, 0.2) is 0 Å². The Kier molecular flexibility index (Phi) is 2.97. The second-order valence-corrected chi connectivity index (χ2v) is 6.41. The molecule has 2 amide bonds. The average molecular weight is 288 g/mol. The predicted octanol–water partition coefficient (Wildman–Crippen LogP) is 0.845. The summed E-state index contributed by atoms with van der Waals surface area (Å²) in [6.45, 7) is 1.02. The summed E-state index contributed by atoms with van der Waals surface area (Å²) in [5.41, 5.74) is 0.949. The van der Waals surface area contributed by atoms with E-state index >= 15 is 0 Å². The van der Waals surface area contributed by atoms with E-state index in [4.69, 9.17) is 0 Å². The van der Waals surface area contributed by atoms with Gasteiger partial charge in [-0.25, -0.2) is 0 Å². The van der Waals surface area contributed by atoms with E-state index < -0.39 is 0 Å². The molecule has 2 heterocycles. The van der Waals surface area contributed by atoms with Gasteiger partial charge in [0.1, 0.15) is 6.04 Å². The van der Waals surface area contributed by atoms with Crippen molar-refractivity contribution in [3.8, 4) is 0 Å². The number of nitrogens with zero attached hydrogens (tertiary/aromatic N) is 3. The Bertz CT molecular complexity index is 574. The van der Waals surface area contributed by atoms with E-state index in [0.29, 0.717) is 19.1 Å². The van der Waals surface area contributed by atoms with Crippen molar-refractivity contribution in [2.45, 2.75) is 50.7 Å². The molecule has 2 aliphatic carbocycles. The van der Waals surface area contributed by atoms with Crippen LogP contribution < -0.4 is 5.32 Å². The number of hydrogen-bond acceptors (Lipinski definition) is 3. The van der Waals surface area contributed by atoms with E-state index in [0.717, 1.165) is 37.8 Å². The highest BCUT2D eigenvalue weighted by molar-refractivity contribution is 5.84. The number of rotatable bonds is 3. The maximum Gasteiger partial charge on any atom is 0.246 e. The molecule has 1 atom stereocenters. The molecule has 3 aliphatic rings. The third-order valence-corrected chi connectivity index (χ3v) is 4.79. The summed E-state index contributed by atoms with van der Waals surface area (Å²) in [6.07, 6.45) is 6.98. The number of carbonyl (C=O) groups is 2. The van der Waals surface area contributed by atoms with Crippen molar-refractivity contribution in [1.82, 2.24) is 20.0 Å². The zero-order valence-corrected chi connectivity index (χ0v) is 12.0. The Labute approximate surface area is 123 Å². The van der Waals surface area contributed by atoms with Crippen LogP contribution >= 0.6 is 0 Å². The first kappa shape index (κ1) is 12.9. The molecule has 0 bridgehead atoms. The summed E-state index contributed by atoms with van der Waals surface area (Å²) in [7, 11) is 0. The number of nitrogens with one attached hydrogen (secondary N) is 1. The first-order chi connectivity index (χ1) is 10.2. The fraction of sp³-hybridized carbons (Fsp3) is 0.667. The second kappa shape index (κ2) is 4.86. The molecule has 112 valence electrons. The quantitative estimate of drug-likeness (QED) is 0.896. The lowest BCUT2D eigenvalue weighted by Crippen LogP contribution is -2.49. The number of carbonyl (C=O) groups excluding carboxylic acids is 2. The normalized spacial score (nSPS) is 25.1. The Morgan fingerprint density at radius 1 is 1.24 bits per heavy atom. The molecular formula is C15H20N4O2. The van der Waals surface area contributed by atoms with Crippen LogP contribution in [0.1, 0.15) is 43.8 Å². The van der Waals surface area contributed by atoms with Crippen molar-refractivity contribution >= 4 is 11.8 Å². The Morgan fingerprint density at radius 2 is 2.05 bits per heavy atom. The largest absolute Gasteiger partial charge is 0.351 e. The highest BCUT2D eigenvalue weighted by Crippen LogP contribution is 2.31. The Balaban J connectivity index is 1.54. The highest BCUT2D eigenvalue weighted by Gasteiger charge is 2.38. The zero-order chi connectivity index (χ0) is 14.4. The molecule has 0 spiro atoms. The van der Waals surface area contributed by atoms with Gasteiger partial charge in [0.2, 0.25) is 11.8 Å². The Hall–Kier alpha value is -1.85. The average Bonchev–Trinajstić information content (AvgIpc) is 3.09. The number of aromatic nitrogens is 2. The van der Waals surface area contributed by atoms with E-state index in [1.165, 1.54) is 0 Å². The summed E-state index contributed by atoms with van der Waals surface area (Å²) in [6, 6.07) is 1.85. The lowest BCUT2D eigenvalue weighted by molar-refractivity contribution is -0.141. The minimum atomic E-state index is -0.381. The SMILES string of the molecule is O=C(NC1CC1)[C@H]1CN(C(=O)C2CCC2)Cc2ccnn21. The molecule has 0 aromatic carbocycles. The van der Waals surface area contributed by atoms with E-state index in [2.05, 4.69) is 10.4 Å². The van der Waals surface area contributed by atoms with Gasteiger partial charge >= 0.3 is 0 Å². The summed E-state index contributed by atoms with van der Waals surface area (Å²) < 4.78 is 1.78. The summed E-state index contributed by atoms with van der Waals surface area (Å²) >= 11 is 0. The maximum absolute atomic E-state index is 12.5. The topological polar surface area (TPSA) is 67.2 Å². The van der Waals surface area contributed by atoms with E-state index in [9.17, 15) is 9.59 Å². The molecule has 0 radical (unpaired) electrons. The third-order valence-electron chi connectivity index (χ3n) is 4.79. The molecule has 1 aliphatic heterocycles. The minimum Gasteiger partial charge on any atom is -0.351 e. The monoisotopic (exact) mass is 288 g/mol. The van der Waals surface area contributed by atoms with Crippen molar-refractivity contribution in [3.05, 3.63) is 18.0 Å². The fourth-order valence-electron chi connectivity index (χ4n) is 3.09. The van der Waals surface area contributed by atoms with Crippen molar-refractivity contribution in [1.29, 1.82) is 0 Å². The van der Waals surface area contributed by atoms with Gasteiger partial charge in [-0.15, -0.1) is 0 Å². The van der Waals surface area contributed by atoms with Crippen LogP contribution in [0.2, 0.25) is 0 Å². The molecule has 6 heteroatoms. The van der Waals surface area contributed by atoms with Crippen LogP contribution in [0.25, 0.3) is 0 Å². The van der Waals surface area contributed by atoms with Gasteiger partial charge in [-0.1, -0.05) is 6.42 Å². The molecule has 1 aromatic rings. The summed E-state index contributed by atoms with van der Waals surface area (Å²) in [5.74, 6) is 0.373. The molecule has 1 N–H and O–H groups in total. The second-order valence-electron chi connectivity index (χ2n) is 6.41. The van der Waals surface area contributed by atoms with E-state index in [-0.39, 0.29) is 23.8 Å². The van der Waals surface area contributed by atoms with Gasteiger partial charge in [0.05, 0.1) is 18.8 Å². The number of hydrogen-bond donors (Lipinski definition) is 1. The van der Waals surface area contributed by atoms with Crippen molar-refractivity contribution in [2.24, 2.45) is 5.92 Å². The molecule has 0 saturated heterocycles. The molecule has 4 rings (SSSR count). The molecule has 21 heavy (non-hydrogen) atoms. The first-order valence-corrected chi connectivity index (χ1v) is 7.84. The van der Waals surface area contributed by atoms with Crippen molar-refractivity contribution in [3.63, 3.8) is 0 Å². The van der Waals surface area contributed by atoms with Crippen molar-refractivity contribution < 1.29 is 9.59 Å². The standard InChI is InChI=1S/C15H20N4O2/c20-14(17-11-4-5-11)13-9-18(15(21)10-2-1-3-10)8-12-6-7-16-19(12)13/h6-7,10-11,13H,1-5,8-9H2,(H,17,20)/t13-/m1/s1. The highest BCUT2D eigenvalue weighted by atomic mass is 16.2. The van der Waals surface area contributed by atoms with Gasteiger partial charge in [-0.3, -0.25) is 14.3 Å². The molecule has 6 nitrogen and oxygen atoms in total. The van der Waals surface area contributed by atoms with Gasteiger partial charge < -0.3 is 10.2 Å². The molecule has 2 fully saturated rings. The lowest BCUT2D eigenvalue weighted by Gasteiger charge is -2.37. The van der Waals surface area contributed by atoms with Crippen LogP contribution in [-0.2, 0) is 16.1 Å².